The van der Waals surface area contributed by atoms with E-state index in [0.717, 1.165) is 12.8 Å². The maximum atomic E-state index is 12.5. The van der Waals surface area contributed by atoms with Crippen molar-refractivity contribution >= 4 is 29.7 Å². The van der Waals surface area contributed by atoms with Crippen LogP contribution in [0, 0.1) is 5.92 Å². The molecule has 2 fully saturated rings. The highest BCUT2D eigenvalue weighted by Crippen LogP contribution is 2.45. The summed E-state index contributed by atoms with van der Waals surface area (Å²) in [7, 11) is 1.49. The molecule has 0 radical (unpaired) electrons. The van der Waals surface area contributed by atoms with Gasteiger partial charge in [-0.2, -0.15) is 0 Å². The van der Waals surface area contributed by atoms with Gasteiger partial charge in [0.05, 0.1) is 12.0 Å². The third-order valence-corrected chi connectivity index (χ3v) is 5.03. The Balaban J connectivity index is 2.05. The van der Waals surface area contributed by atoms with Gasteiger partial charge in [0.1, 0.15) is 12.6 Å². The van der Waals surface area contributed by atoms with Crippen LogP contribution in [-0.2, 0) is 14.3 Å². The second-order valence-corrected chi connectivity index (χ2v) is 6.42. The van der Waals surface area contributed by atoms with Crippen LogP contribution in [0.15, 0.2) is 0 Å². The predicted molar refractivity (Wildman–Crippen MR) is 76.9 cm³/mol. The summed E-state index contributed by atoms with van der Waals surface area (Å²) in [4.78, 5) is 38.0. The number of carboxylic acid groups (broad SMARTS) is 1. The summed E-state index contributed by atoms with van der Waals surface area (Å²) in [5.74, 6) is -0.715. The van der Waals surface area contributed by atoms with E-state index in [2.05, 4.69) is 0 Å². The van der Waals surface area contributed by atoms with E-state index in [1.165, 1.54) is 28.6 Å². The molecule has 1 saturated heterocycles. The minimum Gasteiger partial charge on any atom is -0.480 e. The maximum Gasteiger partial charge on any atom is 0.327 e. The summed E-state index contributed by atoms with van der Waals surface area (Å²) in [6.45, 7) is 1.78. The first-order chi connectivity index (χ1) is 9.95. The number of ether oxygens (including phenoxy) is 1. The van der Waals surface area contributed by atoms with Crippen molar-refractivity contribution in [3.8, 4) is 0 Å². The number of carboxylic acids is 1. The molecule has 1 heterocycles. The molecule has 1 aliphatic carbocycles. The Morgan fingerprint density at radius 3 is 2.57 bits per heavy atom. The number of thioether (sulfide) groups is 1. The Labute approximate surface area is 127 Å². The van der Waals surface area contributed by atoms with Crippen molar-refractivity contribution in [3.05, 3.63) is 0 Å². The summed E-state index contributed by atoms with van der Waals surface area (Å²) >= 11 is 1.51. The number of carbonyl (C=O) groups excluding carboxylic acids is 2. The minimum absolute atomic E-state index is 0.0942. The number of hydrogen-bond acceptors (Lipinski definition) is 5. The summed E-state index contributed by atoms with van der Waals surface area (Å²) in [6.07, 6.45) is 2.05. The number of amides is 2. The number of aliphatic carboxylic acids is 1. The molecule has 0 aromatic rings. The highest BCUT2D eigenvalue weighted by atomic mass is 32.2. The third-order valence-electron chi connectivity index (χ3n) is 3.56. The van der Waals surface area contributed by atoms with Crippen LogP contribution >= 0.6 is 11.8 Å². The molecule has 118 valence electrons. The monoisotopic (exact) mass is 316 g/mol. The van der Waals surface area contributed by atoms with E-state index in [4.69, 9.17) is 4.74 Å². The number of esters is 1. The van der Waals surface area contributed by atoms with Crippen LogP contribution in [0.4, 0.5) is 4.79 Å². The summed E-state index contributed by atoms with van der Waals surface area (Å²) in [5.41, 5.74) is 0. The smallest absolute Gasteiger partial charge is 0.327 e. The van der Waals surface area contributed by atoms with Crippen LogP contribution in [0.2, 0.25) is 0 Å². The number of hydrogen-bond donors (Lipinski definition) is 1. The van der Waals surface area contributed by atoms with Crippen molar-refractivity contribution in [1.29, 1.82) is 0 Å². The number of likely N-dealkylation sites (N-methyl/N-ethyl adjacent to an activating group) is 1. The lowest BCUT2D eigenvalue weighted by Crippen LogP contribution is -2.52. The molecule has 2 amide bonds. The van der Waals surface area contributed by atoms with E-state index in [1.54, 1.807) is 6.92 Å². The van der Waals surface area contributed by atoms with Gasteiger partial charge in [0.25, 0.3) is 0 Å². The van der Waals surface area contributed by atoms with Gasteiger partial charge in [0.15, 0.2) is 0 Å². The van der Waals surface area contributed by atoms with E-state index in [9.17, 15) is 19.5 Å². The maximum absolute atomic E-state index is 12.5. The molecule has 2 atom stereocenters. The molecule has 2 unspecified atom stereocenters. The quantitative estimate of drug-likeness (QED) is 0.756. The fraction of sp³-hybridized carbons (Fsp3) is 0.769. The van der Waals surface area contributed by atoms with Gasteiger partial charge in [-0.1, -0.05) is 0 Å². The second-order valence-electron chi connectivity index (χ2n) is 5.27. The predicted octanol–water partition coefficient (Wildman–Crippen LogP) is 0.839. The Morgan fingerprint density at radius 1 is 1.38 bits per heavy atom. The number of urea groups is 1. The first-order valence-electron chi connectivity index (χ1n) is 6.99. The molecule has 0 aromatic heterocycles. The van der Waals surface area contributed by atoms with Gasteiger partial charge >= 0.3 is 18.0 Å². The van der Waals surface area contributed by atoms with Crippen molar-refractivity contribution in [2.45, 2.75) is 31.2 Å². The molecule has 7 nitrogen and oxygen atoms in total. The Hall–Kier alpha value is -1.44. The largest absolute Gasteiger partial charge is 0.480 e. The van der Waals surface area contributed by atoms with Crippen LogP contribution in [0.5, 0.6) is 0 Å². The number of nitrogens with zero attached hydrogens (tertiary/aromatic N) is 2. The number of rotatable bonds is 5. The standard InChI is InChI=1S/C13H20N2O5S/c1-3-20-10(16)6-14(2)13(19)15-9(12(17)18)7-21-11(15)8-4-5-8/h8-9,11H,3-7H2,1-2H3,(H,17,18). The first-order valence-corrected chi connectivity index (χ1v) is 8.04. The van der Waals surface area contributed by atoms with Crippen molar-refractivity contribution in [1.82, 2.24) is 9.80 Å². The van der Waals surface area contributed by atoms with Gasteiger partial charge in [-0.15, -0.1) is 11.8 Å². The zero-order valence-electron chi connectivity index (χ0n) is 12.2. The van der Waals surface area contributed by atoms with E-state index in [0.29, 0.717) is 11.7 Å². The molecule has 0 bridgehead atoms. The van der Waals surface area contributed by atoms with Crippen LogP contribution in [0.3, 0.4) is 0 Å². The minimum atomic E-state index is -0.997. The lowest BCUT2D eigenvalue weighted by Gasteiger charge is -2.31. The molecule has 2 aliphatic rings. The van der Waals surface area contributed by atoms with Gasteiger partial charge in [0, 0.05) is 12.8 Å². The normalized spacial score (nSPS) is 24.8. The summed E-state index contributed by atoms with van der Waals surface area (Å²) in [5, 5.41) is 9.19. The second kappa shape index (κ2) is 6.55. The van der Waals surface area contributed by atoms with E-state index < -0.39 is 24.0 Å². The molecule has 21 heavy (non-hydrogen) atoms. The molecule has 2 rings (SSSR count). The highest BCUT2D eigenvalue weighted by Gasteiger charge is 2.48. The first kappa shape index (κ1) is 15.9. The molecule has 8 heteroatoms. The molecule has 1 N–H and O–H groups in total. The van der Waals surface area contributed by atoms with Gasteiger partial charge in [-0.05, 0) is 25.7 Å². The van der Waals surface area contributed by atoms with Gasteiger partial charge in [-0.3, -0.25) is 9.69 Å². The average molecular weight is 316 g/mol. The zero-order valence-corrected chi connectivity index (χ0v) is 13.0. The van der Waals surface area contributed by atoms with Gasteiger partial charge in [0.2, 0.25) is 0 Å². The van der Waals surface area contributed by atoms with E-state index in [1.807, 2.05) is 0 Å². The van der Waals surface area contributed by atoms with Gasteiger partial charge in [-0.25, -0.2) is 9.59 Å². The summed E-state index contributed by atoms with van der Waals surface area (Å²) in [6, 6.07) is -1.24. The highest BCUT2D eigenvalue weighted by molar-refractivity contribution is 8.00. The van der Waals surface area contributed by atoms with E-state index in [-0.39, 0.29) is 18.5 Å². The molecule has 0 aromatic carbocycles. The van der Waals surface area contributed by atoms with E-state index >= 15 is 0 Å². The van der Waals surface area contributed by atoms with Gasteiger partial charge < -0.3 is 14.7 Å². The molecule has 1 saturated carbocycles. The molecular weight excluding hydrogens is 296 g/mol. The molecule has 1 aliphatic heterocycles. The zero-order chi connectivity index (χ0) is 15.6. The summed E-state index contributed by atoms with van der Waals surface area (Å²) < 4.78 is 4.81. The van der Waals surface area contributed by atoms with Crippen molar-refractivity contribution < 1.29 is 24.2 Å². The van der Waals surface area contributed by atoms with Crippen LogP contribution in [-0.4, -0.2) is 70.2 Å². The lowest BCUT2D eigenvalue weighted by molar-refractivity contribution is -0.143. The van der Waals surface area contributed by atoms with Crippen molar-refractivity contribution in [2.75, 3.05) is 26.0 Å². The fourth-order valence-corrected chi connectivity index (χ4v) is 3.99. The SMILES string of the molecule is CCOC(=O)CN(C)C(=O)N1C(C(=O)O)CSC1C1CC1. The Kier molecular flexibility index (Phi) is 4.97. The lowest BCUT2D eigenvalue weighted by atomic mass is 10.2. The molecular formula is C13H20N2O5S. The number of carbonyl (C=O) groups is 3. The Bertz CT molecular complexity index is 440. The van der Waals surface area contributed by atoms with Crippen molar-refractivity contribution in [2.24, 2.45) is 5.92 Å². The van der Waals surface area contributed by atoms with Crippen molar-refractivity contribution in [3.63, 3.8) is 0 Å². The molecule has 0 spiro atoms. The Morgan fingerprint density at radius 2 is 2.05 bits per heavy atom. The van der Waals surface area contributed by atoms with Crippen LogP contribution in [0.25, 0.3) is 0 Å². The van der Waals surface area contributed by atoms with Crippen LogP contribution in [0.1, 0.15) is 19.8 Å². The average Bonchev–Trinajstić information content (AvgIpc) is 3.16. The topological polar surface area (TPSA) is 87.2 Å². The van der Waals surface area contributed by atoms with Crippen LogP contribution < -0.4 is 0 Å². The fourth-order valence-electron chi connectivity index (χ4n) is 2.37. The third kappa shape index (κ3) is 3.61.